The van der Waals surface area contributed by atoms with E-state index in [-0.39, 0.29) is 5.69 Å². The molecule has 34 heavy (non-hydrogen) atoms. The number of carbonyl (C=O) groups is 2. The van der Waals surface area contributed by atoms with E-state index in [0.29, 0.717) is 38.6 Å². The first-order chi connectivity index (χ1) is 16.1. The maximum Gasteiger partial charge on any atom is 0.573 e. The molecular weight excluding hydrogens is 476 g/mol. The number of nitrogens with zero attached hydrogens (tertiary/aromatic N) is 2. The normalized spacial score (nSPS) is 11.3. The number of alkyl halides is 3. The summed E-state index contributed by atoms with van der Waals surface area (Å²) >= 11 is 1.16. The average Bonchev–Trinajstić information content (AvgIpc) is 3.21. The number of rotatable bonds is 5. The first-order valence-electron chi connectivity index (χ1n) is 9.58. The summed E-state index contributed by atoms with van der Waals surface area (Å²) in [7, 11) is 0. The molecule has 2 aromatic heterocycles. The van der Waals surface area contributed by atoms with Crippen molar-refractivity contribution in [2.75, 3.05) is 10.6 Å². The highest BCUT2D eigenvalue weighted by molar-refractivity contribution is 7.20. The number of fused-ring (bicyclic) bond motifs is 1. The van der Waals surface area contributed by atoms with Crippen molar-refractivity contribution in [1.29, 1.82) is 0 Å². The van der Waals surface area contributed by atoms with Crippen LogP contribution in [0.25, 0.3) is 10.3 Å². The SMILES string of the molecule is Cc1ccc(NC(=O)c2cc(OC(F)(F)F)ccc2F)cc1NC(=O)c1cc2nccnc2s1. The molecule has 0 unspecified atom stereocenters. The Bertz CT molecular complexity index is 1370. The highest BCUT2D eigenvalue weighted by Crippen LogP contribution is 2.27. The molecule has 0 aliphatic carbocycles. The van der Waals surface area contributed by atoms with Gasteiger partial charge in [0.1, 0.15) is 21.9 Å². The van der Waals surface area contributed by atoms with Crippen LogP contribution in [0.3, 0.4) is 0 Å². The Labute approximate surface area is 193 Å². The Balaban J connectivity index is 1.52. The van der Waals surface area contributed by atoms with Crippen LogP contribution in [0.15, 0.2) is 54.9 Å². The minimum absolute atomic E-state index is 0.187. The maximum absolute atomic E-state index is 14.1. The highest BCUT2D eigenvalue weighted by Gasteiger charge is 2.31. The van der Waals surface area contributed by atoms with Crippen LogP contribution in [0, 0.1) is 12.7 Å². The van der Waals surface area contributed by atoms with Crippen LogP contribution in [0.5, 0.6) is 5.75 Å². The van der Waals surface area contributed by atoms with Gasteiger partial charge in [-0.1, -0.05) is 6.07 Å². The summed E-state index contributed by atoms with van der Waals surface area (Å²) < 4.78 is 55.1. The topological polar surface area (TPSA) is 93.2 Å². The quantitative estimate of drug-likeness (QED) is 0.358. The van der Waals surface area contributed by atoms with E-state index in [0.717, 1.165) is 17.4 Å². The molecule has 0 atom stereocenters. The van der Waals surface area contributed by atoms with Crippen LogP contribution < -0.4 is 15.4 Å². The average molecular weight is 490 g/mol. The number of halogens is 4. The first kappa shape index (κ1) is 23.1. The fourth-order valence-corrected chi connectivity index (χ4v) is 3.83. The fraction of sp³-hybridized carbons (Fsp3) is 0.0909. The molecule has 0 aliphatic rings. The van der Waals surface area contributed by atoms with E-state index in [9.17, 15) is 27.2 Å². The van der Waals surface area contributed by atoms with Crippen LogP contribution in [0.2, 0.25) is 0 Å². The molecule has 2 amide bonds. The molecular formula is C22H14F4N4O3S. The lowest BCUT2D eigenvalue weighted by molar-refractivity contribution is -0.274. The van der Waals surface area contributed by atoms with Crippen molar-refractivity contribution in [1.82, 2.24) is 9.97 Å². The Hall–Kier alpha value is -4.06. The smallest absolute Gasteiger partial charge is 0.406 e. The number of nitrogens with one attached hydrogen (secondary N) is 2. The molecule has 0 aliphatic heterocycles. The Morgan fingerprint density at radius 1 is 0.971 bits per heavy atom. The monoisotopic (exact) mass is 490 g/mol. The first-order valence-corrected chi connectivity index (χ1v) is 10.4. The van der Waals surface area contributed by atoms with Gasteiger partial charge >= 0.3 is 6.36 Å². The molecule has 2 heterocycles. The molecule has 2 aromatic carbocycles. The molecule has 0 saturated heterocycles. The van der Waals surface area contributed by atoms with Crippen molar-refractivity contribution in [2.45, 2.75) is 13.3 Å². The van der Waals surface area contributed by atoms with E-state index in [1.54, 1.807) is 19.1 Å². The number of amides is 2. The van der Waals surface area contributed by atoms with Gasteiger partial charge in [-0.3, -0.25) is 14.6 Å². The number of benzene rings is 2. The van der Waals surface area contributed by atoms with Crippen LogP contribution in [0.1, 0.15) is 25.6 Å². The molecule has 174 valence electrons. The van der Waals surface area contributed by atoms with Crippen molar-refractivity contribution in [3.05, 3.63) is 76.7 Å². The zero-order valence-electron chi connectivity index (χ0n) is 17.2. The third-order valence-electron chi connectivity index (χ3n) is 4.55. The van der Waals surface area contributed by atoms with Crippen LogP contribution in [-0.2, 0) is 0 Å². The van der Waals surface area contributed by atoms with Gasteiger partial charge in [0.15, 0.2) is 0 Å². The van der Waals surface area contributed by atoms with Crippen LogP contribution in [-0.4, -0.2) is 28.1 Å². The number of aromatic nitrogens is 2. The number of hydrogen-bond acceptors (Lipinski definition) is 6. The lowest BCUT2D eigenvalue weighted by atomic mass is 10.1. The zero-order valence-corrected chi connectivity index (χ0v) is 18.1. The molecule has 0 bridgehead atoms. The Morgan fingerprint density at radius 2 is 1.74 bits per heavy atom. The number of aryl methyl sites for hydroxylation is 1. The third kappa shape index (κ3) is 5.29. The minimum Gasteiger partial charge on any atom is -0.406 e. The summed E-state index contributed by atoms with van der Waals surface area (Å²) in [6, 6.07) is 8.27. The lowest BCUT2D eigenvalue weighted by Gasteiger charge is -2.13. The predicted molar refractivity (Wildman–Crippen MR) is 118 cm³/mol. The van der Waals surface area contributed by atoms with Crippen LogP contribution >= 0.6 is 11.3 Å². The van der Waals surface area contributed by atoms with Gasteiger partial charge < -0.3 is 15.4 Å². The summed E-state index contributed by atoms with van der Waals surface area (Å²) in [4.78, 5) is 34.4. The molecule has 0 fully saturated rings. The van der Waals surface area contributed by atoms with Crippen molar-refractivity contribution in [3.63, 3.8) is 0 Å². The molecule has 0 radical (unpaired) electrons. The summed E-state index contributed by atoms with van der Waals surface area (Å²) in [6.45, 7) is 1.73. The van der Waals surface area contributed by atoms with E-state index in [4.69, 9.17) is 0 Å². The van der Waals surface area contributed by atoms with Gasteiger partial charge in [0, 0.05) is 23.8 Å². The maximum atomic E-state index is 14.1. The molecule has 12 heteroatoms. The van der Waals surface area contributed by atoms with E-state index < -0.39 is 35.3 Å². The van der Waals surface area contributed by atoms with Crippen molar-refractivity contribution in [2.24, 2.45) is 0 Å². The number of anilines is 2. The standard InChI is InChI=1S/C22H14F4N4O3S/c1-11-2-3-12(29-19(31)14-9-13(4-5-15(14)23)33-22(24,25)26)8-16(11)30-20(32)18-10-17-21(34-18)28-7-6-27-17/h2-10H,1H3,(H,29,31)(H,30,32). The van der Waals surface area contributed by atoms with Crippen molar-refractivity contribution in [3.8, 4) is 5.75 Å². The second kappa shape index (κ2) is 9.06. The Kier molecular flexibility index (Phi) is 6.16. The van der Waals surface area contributed by atoms with Gasteiger partial charge in [-0.15, -0.1) is 24.5 Å². The number of carbonyl (C=O) groups excluding carboxylic acids is 2. The fourth-order valence-electron chi connectivity index (χ4n) is 2.98. The largest absolute Gasteiger partial charge is 0.573 e. The van der Waals surface area contributed by atoms with E-state index in [1.807, 2.05) is 0 Å². The number of hydrogen-bond donors (Lipinski definition) is 2. The summed E-state index contributed by atoms with van der Waals surface area (Å²) in [5.41, 5.74) is 1.17. The molecule has 0 saturated carbocycles. The molecule has 0 spiro atoms. The van der Waals surface area contributed by atoms with Gasteiger partial charge in [0.05, 0.1) is 10.4 Å². The van der Waals surface area contributed by atoms with Crippen LogP contribution in [0.4, 0.5) is 28.9 Å². The van der Waals surface area contributed by atoms with E-state index >= 15 is 0 Å². The third-order valence-corrected chi connectivity index (χ3v) is 5.58. The second-order valence-electron chi connectivity index (χ2n) is 6.98. The minimum atomic E-state index is -4.99. The lowest BCUT2D eigenvalue weighted by Crippen LogP contribution is -2.19. The van der Waals surface area contributed by atoms with Gasteiger partial charge in [-0.05, 0) is 48.9 Å². The van der Waals surface area contributed by atoms with E-state index in [2.05, 4.69) is 25.3 Å². The molecule has 2 N–H and O–H groups in total. The molecule has 4 rings (SSSR count). The van der Waals surface area contributed by atoms with E-state index in [1.165, 1.54) is 24.5 Å². The van der Waals surface area contributed by atoms with Crippen molar-refractivity contribution < 1.29 is 31.9 Å². The number of thiophene rings is 1. The van der Waals surface area contributed by atoms with Gasteiger partial charge in [0.25, 0.3) is 11.8 Å². The summed E-state index contributed by atoms with van der Waals surface area (Å²) in [5.74, 6) is -3.17. The Morgan fingerprint density at radius 3 is 2.47 bits per heavy atom. The summed E-state index contributed by atoms with van der Waals surface area (Å²) in [6.07, 6.45) is -1.96. The van der Waals surface area contributed by atoms with Gasteiger partial charge in [-0.25, -0.2) is 9.37 Å². The van der Waals surface area contributed by atoms with Gasteiger partial charge in [-0.2, -0.15) is 0 Å². The number of ether oxygens (including phenoxy) is 1. The summed E-state index contributed by atoms with van der Waals surface area (Å²) in [5, 5.41) is 5.14. The van der Waals surface area contributed by atoms with Crippen molar-refractivity contribution >= 4 is 44.9 Å². The predicted octanol–water partition coefficient (Wildman–Crippen LogP) is 5.54. The molecule has 7 nitrogen and oxygen atoms in total. The second-order valence-corrected chi connectivity index (χ2v) is 8.02. The molecule has 4 aromatic rings. The zero-order chi connectivity index (χ0) is 24.5. The highest BCUT2D eigenvalue weighted by atomic mass is 32.1. The van der Waals surface area contributed by atoms with Gasteiger partial charge in [0.2, 0.25) is 0 Å².